The van der Waals surface area contributed by atoms with Gasteiger partial charge in [-0.25, -0.2) is 39.3 Å². The number of aliphatic carboxylic acids is 2. The highest BCUT2D eigenvalue weighted by Gasteiger charge is 2.21. The lowest BCUT2D eigenvalue weighted by Crippen LogP contribution is -2.14. The molecule has 126 heavy (non-hydrogen) atoms. The van der Waals surface area contributed by atoms with E-state index in [2.05, 4.69) is 56.1 Å². The molecule has 0 spiro atoms. The Balaban J connectivity index is 0.000000211. The summed E-state index contributed by atoms with van der Waals surface area (Å²) in [4.78, 5) is 127. The second kappa shape index (κ2) is 50.6. The van der Waals surface area contributed by atoms with Gasteiger partial charge in [-0.3, -0.25) is 43.2 Å². The maximum atomic E-state index is 12.9. The number of carbonyl (C=O) groups excluding carboxylic acids is 7. The number of halogens is 8. The van der Waals surface area contributed by atoms with E-state index in [9.17, 15) is 43.2 Å². The normalized spacial score (nSPS) is 11.3. The van der Waals surface area contributed by atoms with Crippen molar-refractivity contribution in [3.05, 3.63) is 357 Å². The number of ketones is 4. The molecule has 652 valence electrons. The van der Waals surface area contributed by atoms with Crippen molar-refractivity contribution in [1.29, 1.82) is 0 Å². The van der Waals surface area contributed by atoms with Crippen LogP contribution in [-0.2, 0) is 54.6 Å². The van der Waals surface area contributed by atoms with Gasteiger partial charge in [0.2, 0.25) is 0 Å². The molecule has 0 saturated carbocycles. The third-order valence-electron chi connectivity index (χ3n) is 18.4. The quantitative estimate of drug-likeness (QED) is 0.0306. The molecule has 0 saturated heterocycles. The molecule has 4 unspecified atom stereocenters. The third kappa shape index (κ3) is 34.0. The highest BCUT2D eigenvalue weighted by Crippen LogP contribution is 2.26. The molecular weight excluding hydrogens is 1770 g/mol. The number of benzene rings is 5. The second-order valence-electron chi connectivity index (χ2n) is 28.1. The van der Waals surface area contributed by atoms with E-state index in [4.69, 9.17) is 109 Å². The molecule has 8 heterocycles. The number of nitrogens with one attached hydrogen (secondary N) is 3. The number of aromatic nitrogens is 10. The van der Waals surface area contributed by atoms with Gasteiger partial charge in [-0.2, -0.15) is 10.2 Å². The van der Waals surface area contributed by atoms with Gasteiger partial charge in [0.25, 0.3) is 17.7 Å². The van der Waals surface area contributed by atoms with Crippen LogP contribution in [-0.4, -0.2) is 112 Å². The van der Waals surface area contributed by atoms with Gasteiger partial charge in [-0.1, -0.05) is 162 Å². The predicted molar refractivity (Wildman–Crippen MR) is 495 cm³/mol. The fraction of sp³-hybridized carbons (Fsp3) is 0.194. The van der Waals surface area contributed by atoms with Crippen LogP contribution >= 0.6 is 92.8 Å². The van der Waals surface area contributed by atoms with E-state index in [-0.39, 0.29) is 65.0 Å². The van der Waals surface area contributed by atoms with Gasteiger partial charge in [-0.05, 0) is 239 Å². The molecule has 4 atom stereocenters. The minimum absolute atomic E-state index is 0.00975. The molecule has 0 aliphatic heterocycles. The number of hydrogen-bond acceptors (Lipinski definition) is 18. The number of hydrogen-bond donors (Lipinski definition) is 6. The van der Waals surface area contributed by atoms with E-state index in [1.54, 1.807) is 186 Å². The predicted octanol–water partition coefficient (Wildman–Crippen LogP) is 21.2. The first-order chi connectivity index (χ1) is 59.9. The van der Waals surface area contributed by atoms with Crippen LogP contribution in [0.1, 0.15) is 166 Å². The Morgan fingerprint density at radius 3 is 1.04 bits per heavy atom. The van der Waals surface area contributed by atoms with Crippen molar-refractivity contribution >= 4 is 163 Å². The molecule has 0 aliphatic carbocycles. The maximum absolute atomic E-state index is 12.9. The summed E-state index contributed by atoms with van der Waals surface area (Å²) in [5.74, 6) is -2.23. The summed E-state index contributed by atoms with van der Waals surface area (Å²) in [5, 5.41) is 38.6. The van der Waals surface area contributed by atoms with E-state index in [1.165, 1.54) is 12.4 Å². The lowest BCUT2D eigenvalue weighted by molar-refractivity contribution is -0.138. The first-order valence-electron chi connectivity index (χ1n) is 38.6. The summed E-state index contributed by atoms with van der Waals surface area (Å²) in [6.07, 6.45) is 10.7. The average Bonchev–Trinajstić information content (AvgIpc) is 1.68. The van der Waals surface area contributed by atoms with Gasteiger partial charge >= 0.3 is 11.9 Å². The number of amides is 3. The zero-order valence-corrected chi connectivity index (χ0v) is 75.6. The number of carboxylic acid groups (broad SMARTS) is 2. The van der Waals surface area contributed by atoms with Crippen LogP contribution < -0.4 is 21.7 Å². The van der Waals surface area contributed by atoms with Crippen molar-refractivity contribution in [3.8, 4) is 11.4 Å². The summed E-state index contributed by atoms with van der Waals surface area (Å²) in [6, 6.07) is 59.0. The van der Waals surface area contributed by atoms with Crippen LogP contribution in [0.15, 0.2) is 243 Å². The van der Waals surface area contributed by atoms with Gasteiger partial charge in [0.1, 0.15) is 56.0 Å². The highest BCUT2D eigenvalue weighted by molar-refractivity contribution is 6.32. The Bertz CT molecular complexity index is 5640. The first kappa shape index (κ1) is 101. The summed E-state index contributed by atoms with van der Waals surface area (Å²) < 4.78 is 3.65. The molecule has 0 bridgehead atoms. The van der Waals surface area contributed by atoms with Gasteiger partial charge in [-0.15, -0.1) is 0 Å². The Kier molecular flexibility index (Phi) is 40.5. The van der Waals surface area contributed by atoms with Crippen molar-refractivity contribution in [1.82, 2.24) is 49.5 Å². The summed E-state index contributed by atoms with van der Waals surface area (Å²) in [5.41, 5.74) is 17.3. The highest BCUT2D eigenvalue weighted by atomic mass is 35.5. The molecule has 33 heteroatoms. The topological polar surface area (TPSA) is 369 Å². The Hall–Kier alpha value is -12.3. The lowest BCUT2D eigenvalue weighted by atomic mass is 9.95. The van der Waals surface area contributed by atoms with Crippen molar-refractivity contribution in [3.63, 3.8) is 0 Å². The SMILES string of the molecule is CC(=O)C(C)c1ccc(Cl)nc1.CC(=O)C(C)c1ccc(NC(=O)c2ccc(Cl)cc2)nc1.CC(=O)Cc1ccc(Cl)nc1.CC(C(=O)O)c1ccc(NC(=O)c2ccc(Cl)cc2)nc1.Cc1cc(CCC(=O)C(C)c2ccc(NC(=O)c3ccc(Cl)cc3)nc2)n(-c2cccc(Cl)c2)n1.Cc1cc(CN)n(-c2cccc(Cl)c2)n1.O=C(O)Cc1ccc(Cl)nc1. The minimum atomic E-state index is -0.922. The van der Waals surface area contributed by atoms with Crippen LogP contribution in [0.4, 0.5) is 17.5 Å². The zero-order chi connectivity index (χ0) is 92.3. The van der Waals surface area contributed by atoms with Crippen molar-refractivity contribution in [2.45, 2.75) is 118 Å². The second-order valence-corrected chi connectivity index (χ2v) is 31.5. The molecule has 5 aromatic carbocycles. The van der Waals surface area contributed by atoms with Gasteiger partial charge < -0.3 is 31.9 Å². The molecule has 25 nitrogen and oxygen atoms in total. The van der Waals surface area contributed by atoms with E-state index in [0.29, 0.717) is 112 Å². The monoisotopic (exact) mass is 1860 g/mol. The van der Waals surface area contributed by atoms with E-state index in [0.717, 1.165) is 56.4 Å². The smallest absolute Gasteiger partial charge is 0.310 e. The summed E-state index contributed by atoms with van der Waals surface area (Å²) >= 11 is 46.1. The van der Waals surface area contributed by atoms with Gasteiger partial charge in [0, 0.05) is 122 Å². The Morgan fingerprint density at radius 1 is 0.381 bits per heavy atom. The lowest BCUT2D eigenvalue weighted by Gasteiger charge is -2.12. The number of aryl methyl sites for hydroxylation is 3. The molecule has 0 fully saturated rings. The number of carboxylic acids is 2. The fourth-order valence-corrected chi connectivity index (χ4v) is 12.1. The standard InChI is InChI=1S/C27H24Cl2N4O2.C16H15ClN2O2.C15H13ClN2O3.C11H12ClN3.C9H10ClNO.C8H8ClNO.C7H6ClNO2/c1-17-14-24(33(32-17)23-5-3-4-22(29)15-23)11-12-25(34)18(2)20-8-13-26(30-16-20)31-27(35)19-6-9-21(28)10-7-19;1-10(11(2)20)13-5-8-15(18-9-13)19-16(21)12-3-6-14(17)7-4-12;1-9(15(20)21)11-4-7-13(17-8-11)18-14(19)10-2-5-12(16)6-3-10;1-8-5-11(7-13)15(14-8)10-4-2-3-9(12)6-10;1-6(7(2)12)8-3-4-9(10)11-5-8;1-6(11)4-7-2-3-8(9)10-5-7;8-6-2-1-5(4-9-6)3-7(10)11/h3-10,13-16,18H,11-12H2,1-2H3,(H,30,31,35);3-10H,1-2H3,(H,18,19,21);2-9H,1H3,(H,20,21)(H,17,18,19);2-6H,7,13H2,1H3;3-6H,1-2H3;2-3,5H,4H2,1H3;1-2,4H,3H2,(H,10,11). The molecule has 13 aromatic rings. The van der Waals surface area contributed by atoms with E-state index >= 15 is 0 Å². The third-order valence-corrected chi connectivity index (χ3v) is 20.3. The van der Waals surface area contributed by atoms with E-state index in [1.807, 2.05) is 117 Å². The van der Waals surface area contributed by atoms with Gasteiger partial charge in [0.05, 0.1) is 40.8 Å². The number of Topliss-reactive ketones (excluding diaryl/α,β-unsaturated/α-hetero) is 4. The van der Waals surface area contributed by atoms with Crippen LogP contribution in [0.5, 0.6) is 0 Å². The van der Waals surface area contributed by atoms with Crippen molar-refractivity contribution in [2.75, 3.05) is 16.0 Å². The minimum Gasteiger partial charge on any atom is -0.481 e. The number of rotatable bonds is 24. The number of anilines is 3. The Labute approximate surface area is 768 Å². The van der Waals surface area contributed by atoms with Crippen LogP contribution in [0.3, 0.4) is 0 Å². The van der Waals surface area contributed by atoms with Crippen molar-refractivity contribution in [2.24, 2.45) is 5.73 Å². The summed E-state index contributed by atoms with van der Waals surface area (Å²) in [6.45, 7) is 16.1. The summed E-state index contributed by atoms with van der Waals surface area (Å²) in [7, 11) is 0. The molecule has 3 amide bonds. The molecule has 0 aliphatic rings. The van der Waals surface area contributed by atoms with Crippen LogP contribution in [0.25, 0.3) is 11.4 Å². The Morgan fingerprint density at radius 2 is 0.722 bits per heavy atom. The van der Waals surface area contributed by atoms with Crippen molar-refractivity contribution < 1.29 is 53.4 Å². The number of nitrogens with zero attached hydrogens (tertiary/aromatic N) is 10. The number of carbonyl (C=O) groups is 9. The average molecular weight is 1860 g/mol. The zero-order valence-electron chi connectivity index (χ0n) is 69.6. The molecule has 8 aromatic heterocycles. The maximum Gasteiger partial charge on any atom is 0.310 e. The molecular formula is C93H88Cl8N14O11. The van der Waals surface area contributed by atoms with E-state index < -0.39 is 17.9 Å². The fourth-order valence-electron chi connectivity index (χ4n) is 11.1. The molecule has 13 rings (SSSR count). The largest absolute Gasteiger partial charge is 0.481 e. The molecule has 0 radical (unpaired) electrons. The molecule has 7 N–H and O–H groups in total. The van der Waals surface area contributed by atoms with Gasteiger partial charge in [0.15, 0.2) is 0 Å². The first-order valence-corrected chi connectivity index (χ1v) is 41.7. The van der Waals surface area contributed by atoms with Crippen LogP contribution in [0.2, 0.25) is 40.6 Å². The number of pyridine rings is 6. The van der Waals surface area contributed by atoms with Crippen LogP contribution in [0, 0.1) is 13.8 Å². The number of nitrogens with two attached hydrogens (primary N) is 1.